The molecule has 1 aliphatic rings. The van der Waals surface area contributed by atoms with Crippen LogP contribution in [0.25, 0.3) is 10.9 Å². The van der Waals surface area contributed by atoms with Gasteiger partial charge >= 0.3 is 0 Å². The summed E-state index contributed by atoms with van der Waals surface area (Å²) in [5, 5.41) is 10.5. The zero-order chi connectivity index (χ0) is 18.8. The van der Waals surface area contributed by atoms with Gasteiger partial charge in [-0.05, 0) is 18.1 Å². The molecule has 5 nitrogen and oxygen atoms in total. The van der Waals surface area contributed by atoms with Crippen molar-refractivity contribution in [1.29, 1.82) is 0 Å². The summed E-state index contributed by atoms with van der Waals surface area (Å²) >= 11 is 0. The number of anilines is 1. The van der Waals surface area contributed by atoms with Gasteiger partial charge < -0.3 is 25.5 Å². The number of benzene rings is 1. The summed E-state index contributed by atoms with van der Waals surface area (Å²) in [6.45, 7) is 14.8. The number of para-hydroxylation sites is 1. The molecule has 0 saturated carbocycles. The molecule has 0 amide bonds. The van der Waals surface area contributed by atoms with Crippen molar-refractivity contribution in [2.45, 2.75) is 40.2 Å². The summed E-state index contributed by atoms with van der Waals surface area (Å²) in [6.07, 6.45) is 2.54. The van der Waals surface area contributed by atoms with Crippen LogP contribution in [-0.2, 0) is 11.2 Å². The van der Waals surface area contributed by atoms with Crippen LogP contribution in [0.4, 0.5) is 5.69 Å². The lowest BCUT2D eigenvalue weighted by Crippen LogP contribution is -2.36. The minimum Gasteiger partial charge on any atom is -0.511 e. The highest BCUT2D eigenvalue weighted by Gasteiger charge is 2.17. The van der Waals surface area contributed by atoms with Crippen LogP contribution in [0.1, 0.15) is 33.3 Å². The quantitative estimate of drug-likeness (QED) is 0.731. The van der Waals surface area contributed by atoms with Gasteiger partial charge in [0.1, 0.15) is 5.76 Å². The third-order valence-electron chi connectivity index (χ3n) is 4.00. The second kappa shape index (κ2) is 10.8. The van der Waals surface area contributed by atoms with Crippen molar-refractivity contribution in [3.05, 3.63) is 42.3 Å². The lowest BCUT2D eigenvalue weighted by Gasteiger charge is -2.29. The van der Waals surface area contributed by atoms with E-state index in [0.717, 1.165) is 42.8 Å². The highest BCUT2D eigenvalue weighted by Crippen LogP contribution is 2.29. The number of fused-ring (bicyclic) bond motifs is 1. The molecule has 3 rings (SSSR count). The summed E-state index contributed by atoms with van der Waals surface area (Å²) in [6, 6.07) is 5.83. The first-order chi connectivity index (χ1) is 12.2. The average molecular weight is 348 g/mol. The van der Waals surface area contributed by atoms with Crippen LogP contribution < -0.4 is 10.6 Å². The number of nitrogens with one attached hydrogen (secondary N) is 1. The second-order valence-electron chi connectivity index (χ2n) is 5.41. The molecule has 1 aromatic heterocycles. The van der Waals surface area contributed by atoms with E-state index in [2.05, 4.69) is 34.7 Å². The van der Waals surface area contributed by atoms with Gasteiger partial charge in [-0.3, -0.25) is 0 Å². The lowest BCUT2D eigenvalue weighted by atomic mass is 10.0. The molecular weight excluding hydrogens is 314 g/mol. The van der Waals surface area contributed by atoms with Crippen LogP contribution in [0.2, 0.25) is 0 Å². The topological polar surface area (TPSA) is 74.5 Å². The number of H-pyrrole nitrogens is 1. The number of nitrogens with two attached hydrogens (primary N) is 1. The fraction of sp³-hybridized carbons (Fsp3) is 0.500. The molecule has 5 heteroatoms. The maximum Gasteiger partial charge on any atom is 0.102 e. The van der Waals surface area contributed by atoms with E-state index in [1.165, 1.54) is 5.69 Å². The average Bonchev–Trinajstić information content (AvgIpc) is 3.08. The molecule has 140 valence electrons. The molecule has 0 bridgehead atoms. The smallest absolute Gasteiger partial charge is 0.102 e. The number of nitrogens with zero attached hydrogens (tertiary/aromatic N) is 1. The number of aliphatic hydroxyl groups is 1. The van der Waals surface area contributed by atoms with Crippen molar-refractivity contribution < 1.29 is 9.84 Å². The first-order valence-corrected chi connectivity index (χ1v) is 9.22. The molecule has 25 heavy (non-hydrogen) atoms. The third kappa shape index (κ3) is 5.25. The minimum atomic E-state index is -0.434. The van der Waals surface area contributed by atoms with Crippen molar-refractivity contribution in [2.24, 2.45) is 5.73 Å². The van der Waals surface area contributed by atoms with Crippen molar-refractivity contribution in [1.82, 2.24) is 4.98 Å². The van der Waals surface area contributed by atoms with E-state index in [4.69, 9.17) is 10.5 Å². The van der Waals surface area contributed by atoms with E-state index in [1.807, 2.05) is 33.9 Å². The van der Waals surface area contributed by atoms with Crippen molar-refractivity contribution >= 4 is 16.6 Å². The molecule has 1 aliphatic heterocycles. The monoisotopic (exact) mass is 347 g/mol. The molecule has 0 aliphatic carbocycles. The van der Waals surface area contributed by atoms with E-state index >= 15 is 0 Å². The van der Waals surface area contributed by atoms with E-state index in [1.54, 1.807) is 0 Å². The molecule has 1 saturated heterocycles. The zero-order valence-corrected chi connectivity index (χ0v) is 16.0. The second-order valence-corrected chi connectivity index (χ2v) is 5.41. The SMILES string of the molecule is C=C(O)C(N)Cc1c[nH]c2c(N3CCOCC3)cccc12.CC.CC. The minimum absolute atomic E-state index is 0.0219. The summed E-state index contributed by atoms with van der Waals surface area (Å²) in [4.78, 5) is 5.68. The number of aromatic amines is 1. The van der Waals surface area contributed by atoms with Crippen LogP contribution in [0.5, 0.6) is 0 Å². The summed E-state index contributed by atoms with van der Waals surface area (Å²) in [5.41, 5.74) is 9.30. The van der Waals surface area contributed by atoms with Crippen molar-refractivity contribution in [3.63, 3.8) is 0 Å². The predicted octanol–water partition coefficient (Wildman–Crippen LogP) is 4.00. The van der Waals surface area contributed by atoms with E-state index < -0.39 is 6.04 Å². The Kier molecular flexibility index (Phi) is 9.10. The van der Waals surface area contributed by atoms with E-state index in [9.17, 15) is 5.11 Å². The molecular formula is C20H33N3O2. The first-order valence-electron chi connectivity index (χ1n) is 9.22. The van der Waals surface area contributed by atoms with Gasteiger partial charge in [0.2, 0.25) is 0 Å². The molecule has 1 unspecified atom stereocenters. The largest absolute Gasteiger partial charge is 0.511 e. The highest BCUT2D eigenvalue weighted by atomic mass is 16.5. The Bertz CT molecular complexity index is 645. The van der Waals surface area contributed by atoms with Crippen LogP contribution >= 0.6 is 0 Å². The van der Waals surface area contributed by atoms with E-state index in [-0.39, 0.29) is 5.76 Å². The summed E-state index contributed by atoms with van der Waals surface area (Å²) in [7, 11) is 0. The Morgan fingerprint density at radius 1 is 1.28 bits per heavy atom. The summed E-state index contributed by atoms with van der Waals surface area (Å²) in [5.74, 6) is 0.0219. The van der Waals surface area contributed by atoms with Crippen LogP contribution in [0.15, 0.2) is 36.7 Å². The lowest BCUT2D eigenvalue weighted by molar-refractivity contribution is 0.123. The van der Waals surface area contributed by atoms with Gasteiger partial charge in [-0.25, -0.2) is 0 Å². The fourth-order valence-electron chi connectivity index (χ4n) is 2.79. The molecule has 0 spiro atoms. The van der Waals surface area contributed by atoms with Gasteiger partial charge in [0.15, 0.2) is 0 Å². The van der Waals surface area contributed by atoms with Gasteiger partial charge in [0, 0.05) is 24.7 Å². The van der Waals surface area contributed by atoms with Gasteiger partial charge in [0.05, 0.1) is 30.5 Å². The van der Waals surface area contributed by atoms with Crippen LogP contribution in [-0.4, -0.2) is 42.4 Å². The number of aromatic nitrogens is 1. The molecule has 1 fully saturated rings. The Balaban J connectivity index is 0.000000730. The van der Waals surface area contributed by atoms with E-state index in [0.29, 0.717) is 6.42 Å². The molecule has 1 atom stereocenters. The van der Waals surface area contributed by atoms with Crippen LogP contribution in [0.3, 0.4) is 0 Å². The number of hydrogen-bond acceptors (Lipinski definition) is 4. The van der Waals surface area contributed by atoms with Gasteiger partial charge in [0.25, 0.3) is 0 Å². The Morgan fingerprint density at radius 2 is 1.92 bits per heavy atom. The molecule has 4 N–H and O–H groups in total. The Labute approximate surface area is 151 Å². The zero-order valence-electron chi connectivity index (χ0n) is 16.0. The molecule has 2 aromatic rings. The Hall–Kier alpha value is -1.98. The summed E-state index contributed by atoms with van der Waals surface area (Å²) < 4.78 is 5.41. The molecule has 1 aromatic carbocycles. The number of hydrogen-bond donors (Lipinski definition) is 3. The Morgan fingerprint density at radius 3 is 2.52 bits per heavy atom. The van der Waals surface area contributed by atoms with Crippen molar-refractivity contribution in [2.75, 3.05) is 31.2 Å². The first kappa shape index (κ1) is 21.1. The van der Waals surface area contributed by atoms with Gasteiger partial charge in [-0.2, -0.15) is 0 Å². The highest BCUT2D eigenvalue weighted by molar-refractivity contribution is 5.94. The third-order valence-corrected chi connectivity index (χ3v) is 4.00. The number of rotatable bonds is 4. The van der Waals surface area contributed by atoms with Crippen molar-refractivity contribution in [3.8, 4) is 0 Å². The standard InChI is InChI=1S/C16H21N3O2.2C2H6/c1-11(20)14(17)9-12-10-18-16-13(12)3-2-4-15(16)19-5-7-21-8-6-19;2*1-2/h2-4,10,14,18,20H,1,5-9,17H2;2*1-2H3. The molecule has 2 heterocycles. The maximum atomic E-state index is 9.40. The predicted molar refractivity (Wildman–Crippen MR) is 107 cm³/mol. The normalized spacial score (nSPS) is 14.8. The van der Waals surface area contributed by atoms with Crippen LogP contribution in [0, 0.1) is 0 Å². The number of ether oxygens (including phenoxy) is 1. The molecule has 0 radical (unpaired) electrons. The number of aliphatic hydroxyl groups excluding tert-OH is 1. The van der Waals surface area contributed by atoms with Gasteiger partial charge in [-0.15, -0.1) is 0 Å². The fourth-order valence-corrected chi connectivity index (χ4v) is 2.79. The maximum absolute atomic E-state index is 9.40. The number of morpholine rings is 1. The van der Waals surface area contributed by atoms with Gasteiger partial charge in [-0.1, -0.05) is 46.4 Å².